The molecular formula is C14H11ClF4N2O. The van der Waals surface area contributed by atoms with Gasteiger partial charge in [-0.05, 0) is 18.2 Å². The zero-order valence-electron chi connectivity index (χ0n) is 11.1. The third-order valence-corrected chi connectivity index (χ3v) is 3.08. The molecule has 0 saturated heterocycles. The molecule has 0 atom stereocenters. The number of anilines is 1. The molecule has 1 heterocycles. The van der Waals surface area contributed by atoms with E-state index in [4.69, 9.17) is 22.1 Å². The lowest BCUT2D eigenvalue weighted by Gasteiger charge is -2.09. The van der Waals surface area contributed by atoms with Crippen LogP contribution in [0.15, 0.2) is 30.5 Å². The smallest absolute Gasteiger partial charge is 0.392 e. The van der Waals surface area contributed by atoms with E-state index in [2.05, 4.69) is 4.98 Å². The molecule has 2 rings (SSSR count). The number of rotatable bonds is 4. The predicted molar refractivity (Wildman–Crippen MR) is 75.2 cm³/mol. The van der Waals surface area contributed by atoms with Gasteiger partial charge in [-0.15, -0.1) is 0 Å². The van der Waals surface area contributed by atoms with E-state index in [1.54, 1.807) is 0 Å². The van der Waals surface area contributed by atoms with Crippen molar-refractivity contribution in [1.82, 2.24) is 4.98 Å². The van der Waals surface area contributed by atoms with E-state index in [0.29, 0.717) is 11.1 Å². The van der Waals surface area contributed by atoms with E-state index < -0.39 is 25.0 Å². The van der Waals surface area contributed by atoms with Crippen molar-refractivity contribution in [2.24, 2.45) is 0 Å². The molecule has 0 fully saturated rings. The number of nitrogen functional groups attached to an aromatic ring is 1. The molecule has 0 aliphatic rings. The molecule has 0 aliphatic carbocycles. The van der Waals surface area contributed by atoms with Crippen LogP contribution in [0.4, 0.5) is 23.2 Å². The Morgan fingerprint density at radius 3 is 2.55 bits per heavy atom. The van der Waals surface area contributed by atoms with Gasteiger partial charge in [-0.1, -0.05) is 11.6 Å². The van der Waals surface area contributed by atoms with Crippen molar-refractivity contribution in [3.05, 3.63) is 41.3 Å². The Kier molecular flexibility index (Phi) is 4.75. The molecule has 118 valence electrons. The molecule has 0 spiro atoms. The maximum atomic E-state index is 13.5. The molecule has 8 heteroatoms. The van der Waals surface area contributed by atoms with Crippen LogP contribution in [0, 0.1) is 5.82 Å². The lowest BCUT2D eigenvalue weighted by atomic mass is 10.1. The summed E-state index contributed by atoms with van der Waals surface area (Å²) >= 11 is 5.98. The number of nitrogens with two attached hydrogens (primary N) is 1. The Morgan fingerprint density at radius 1 is 1.23 bits per heavy atom. The minimum Gasteiger partial charge on any atom is -0.477 e. The third-order valence-electron chi connectivity index (χ3n) is 2.77. The van der Waals surface area contributed by atoms with E-state index in [-0.39, 0.29) is 16.6 Å². The molecule has 1 aromatic carbocycles. The summed E-state index contributed by atoms with van der Waals surface area (Å²) in [6, 6.07) is 5.35. The van der Waals surface area contributed by atoms with E-state index in [0.717, 1.165) is 0 Å². The van der Waals surface area contributed by atoms with Gasteiger partial charge < -0.3 is 10.5 Å². The van der Waals surface area contributed by atoms with E-state index in [9.17, 15) is 17.6 Å². The number of halogens is 5. The zero-order chi connectivity index (χ0) is 16.3. The van der Waals surface area contributed by atoms with Crippen LogP contribution >= 0.6 is 11.6 Å². The van der Waals surface area contributed by atoms with Crippen molar-refractivity contribution in [2.75, 3.05) is 12.3 Å². The van der Waals surface area contributed by atoms with Gasteiger partial charge in [-0.25, -0.2) is 9.37 Å². The molecule has 0 radical (unpaired) electrons. The monoisotopic (exact) mass is 334 g/mol. The van der Waals surface area contributed by atoms with E-state index in [1.807, 2.05) is 0 Å². The fraction of sp³-hybridized carbons (Fsp3) is 0.214. The molecule has 0 saturated carbocycles. The Hall–Kier alpha value is -2.02. The number of hydrogen-bond donors (Lipinski definition) is 1. The van der Waals surface area contributed by atoms with Crippen LogP contribution < -0.4 is 10.5 Å². The lowest BCUT2D eigenvalue weighted by molar-refractivity contribution is -0.139. The number of pyridine rings is 1. The normalized spacial score (nSPS) is 11.5. The van der Waals surface area contributed by atoms with Gasteiger partial charge in [0.05, 0.1) is 23.7 Å². The second-order valence-electron chi connectivity index (χ2n) is 4.45. The molecule has 3 nitrogen and oxygen atoms in total. The number of alkyl halides is 3. The topological polar surface area (TPSA) is 48.1 Å². The summed E-state index contributed by atoms with van der Waals surface area (Å²) in [5.74, 6) is -0.579. The molecular weight excluding hydrogens is 324 g/mol. The first kappa shape index (κ1) is 16.4. The Bertz CT molecular complexity index is 659. The van der Waals surface area contributed by atoms with Crippen LogP contribution in [-0.2, 0) is 0 Å². The molecule has 2 aromatic rings. The van der Waals surface area contributed by atoms with Crippen LogP contribution in [-0.4, -0.2) is 17.8 Å². The molecule has 0 aliphatic heterocycles. The Balaban J connectivity index is 2.11. The second-order valence-corrected chi connectivity index (χ2v) is 4.86. The summed E-state index contributed by atoms with van der Waals surface area (Å²) in [4.78, 5) is 3.87. The van der Waals surface area contributed by atoms with Gasteiger partial charge in [0.15, 0.2) is 0 Å². The van der Waals surface area contributed by atoms with Crippen molar-refractivity contribution in [2.45, 2.75) is 12.6 Å². The van der Waals surface area contributed by atoms with Gasteiger partial charge in [0.2, 0.25) is 5.88 Å². The zero-order valence-corrected chi connectivity index (χ0v) is 11.9. The highest BCUT2D eigenvalue weighted by Gasteiger charge is 2.26. The van der Waals surface area contributed by atoms with Crippen molar-refractivity contribution in [3.8, 4) is 17.0 Å². The number of aromatic nitrogens is 1. The molecule has 22 heavy (non-hydrogen) atoms. The average molecular weight is 335 g/mol. The third kappa shape index (κ3) is 4.24. The fourth-order valence-electron chi connectivity index (χ4n) is 1.68. The first-order valence-electron chi connectivity index (χ1n) is 6.17. The maximum absolute atomic E-state index is 13.5. The Morgan fingerprint density at radius 2 is 1.95 bits per heavy atom. The van der Waals surface area contributed by atoms with Crippen LogP contribution in [0.5, 0.6) is 5.88 Å². The fourth-order valence-corrected chi connectivity index (χ4v) is 1.96. The van der Waals surface area contributed by atoms with Gasteiger partial charge in [0.1, 0.15) is 5.82 Å². The SMILES string of the molecule is Nc1cc(Cl)c(-c2ccc(OCCC(F)(F)F)nc2)cc1F. The van der Waals surface area contributed by atoms with Gasteiger partial charge in [0, 0.05) is 23.4 Å². The maximum Gasteiger partial charge on any atom is 0.392 e. The molecule has 0 unspecified atom stereocenters. The molecule has 2 N–H and O–H groups in total. The van der Waals surface area contributed by atoms with Crippen LogP contribution in [0.1, 0.15) is 6.42 Å². The summed E-state index contributed by atoms with van der Waals surface area (Å²) in [6.07, 6.45) is -4.01. The van der Waals surface area contributed by atoms with E-state index in [1.165, 1.54) is 30.5 Å². The van der Waals surface area contributed by atoms with Gasteiger partial charge in [0.25, 0.3) is 0 Å². The minimum absolute atomic E-state index is 0.0417. The summed E-state index contributed by atoms with van der Waals surface area (Å²) in [5.41, 5.74) is 6.19. The first-order chi connectivity index (χ1) is 10.3. The average Bonchev–Trinajstić information content (AvgIpc) is 2.42. The van der Waals surface area contributed by atoms with Gasteiger partial charge >= 0.3 is 6.18 Å². The standard InChI is InChI=1S/C14H11ClF4N2O/c15-10-6-12(20)11(16)5-9(10)8-1-2-13(21-7-8)22-4-3-14(17,18)19/h1-2,5-7H,3-4,20H2. The summed E-state index contributed by atoms with van der Waals surface area (Å²) in [7, 11) is 0. The minimum atomic E-state index is -4.28. The van der Waals surface area contributed by atoms with Crippen molar-refractivity contribution in [3.63, 3.8) is 0 Å². The number of hydrogen-bond acceptors (Lipinski definition) is 3. The van der Waals surface area contributed by atoms with Crippen molar-refractivity contribution in [1.29, 1.82) is 0 Å². The Labute approximate surface area is 128 Å². The highest BCUT2D eigenvalue weighted by atomic mass is 35.5. The second kappa shape index (κ2) is 6.39. The molecule has 1 aromatic heterocycles. The highest BCUT2D eigenvalue weighted by molar-refractivity contribution is 6.33. The number of benzene rings is 1. The van der Waals surface area contributed by atoms with Crippen LogP contribution in [0.3, 0.4) is 0 Å². The first-order valence-corrected chi connectivity index (χ1v) is 6.54. The lowest BCUT2D eigenvalue weighted by Crippen LogP contribution is -2.13. The summed E-state index contributed by atoms with van der Waals surface area (Å²) in [5, 5.41) is 0.242. The predicted octanol–water partition coefficient (Wildman–Crippen LogP) is 4.45. The van der Waals surface area contributed by atoms with Crippen LogP contribution in [0.25, 0.3) is 11.1 Å². The number of nitrogens with zero attached hydrogens (tertiary/aromatic N) is 1. The van der Waals surface area contributed by atoms with Gasteiger partial charge in [-0.3, -0.25) is 0 Å². The summed E-state index contributed by atoms with van der Waals surface area (Å²) < 4.78 is 54.3. The quantitative estimate of drug-likeness (QED) is 0.663. The molecule has 0 bridgehead atoms. The highest BCUT2D eigenvalue weighted by Crippen LogP contribution is 2.31. The molecule has 0 amide bonds. The van der Waals surface area contributed by atoms with Crippen molar-refractivity contribution < 1.29 is 22.3 Å². The number of ether oxygens (including phenoxy) is 1. The van der Waals surface area contributed by atoms with Gasteiger partial charge in [-0.2, -0.15) is 13.2 Å². The van der Waals surface area contributed by atoms with Crippen molar-refractivity contribution >= 4 is 17.3 Å². The largest absolute Gasteiger partial charge is 0.477 e. The van der Waals surface area contributed by atoms with E-state index >= 15 is 0 Å². The van der Waals surface area contributed by atoms with Crippen LogP contribution in [0.2, 0.25) is 5.02 Å². The summed E-state index contributed by atoms with van der Waals surface area (Å²) in [6.45, 7) is -0.521.